The van der Waals surface area contributed by atoms with E-state index >= 15 is 0 Å². The van der Waals surface area contributed by atoms with E-state index in [1.54, 1.807) is 6.20 Å². The number of fused-ring (bicyclic) bond motifs is 1. The van der Waals surface area contributed by atoms with E-state index in [-0.39, 0.29) is 6.10 Å². The molecule has 1 aromatic carbocycles. The predicted molar refractivity (Wildman–Crippen MR) is 92.1 cm³/mol. The van der Waals surface area contributed by atoms with Crippen molar-refractivity contribution in [2.24, 2.45) is 0 Å². The third kappa shape index (κ3) is 2.96. The molecule has 1 fully saturated rings. The zero-order valence-electron chi connectivity index (χ0n) is 12.7. The summed E-state index contributed by atoms with van der Waals surface area (Å²) in [4.78, 5) is 10.9. The number of β-amino-alcohol motifs (C(OH)–C–C–N with tert-alkyl or cyclic N) is 1. The van der Waals surface area contributed by atoms with Gasteiger partial charge in [-0.25, -0.2) is 4.98 Å². The number of nitrogens with zero attached hydrogens (tertiary/aromatic N) is 3. The molecular weight excluding hydrogens is 288 g/mol. The zero-order valence-corrected chi connectivity index (χ0v) is 12.7. The molecule has 2 aromatic heterocycles. The molecule has 1 saturated heterocycles. The van der Waals surface area contributed by atoms with Crippen molar-refractivity contribution in [2.45, 2.75) is 12.5 Å². The fourth-order valence-electron chi connectivity index (χ4n) is 2.92. The van der Waals surface area contributed by atoms with Gasteiger partial charge in [0.05, 0.1) is 23.5 Å². The molecule has 0 saturated carbocycles. The van der Waals surface area contributed by atoms with Crippen LogP contribution in [0, 0.1) is 0 Å². The maximum atomic E-state index is 9.61. The van der Waals surface area contributed by atoms with Crippen molar-refractivity contribution in [2.75, 3.05) is 23.3 Å². The topological polar surface area (TPSA) is 61.3 Å². The van der Waals surface area contributed by atoms with Crippen LogP contribution < -0.4 is 10.2 Å². The molecule has 0 amide bonds. The molecule has 23 heavy (non-hydrogen) atoms. The Morgan fingerprint density at radius 1 is 1.09 bits per heavy atom. The van der Waals surface area contributed by atoms with E-state index in [2.05, 4.69) is 26.3 Å². The number of aliphatic hydroxyl groups is 1. The van der Waals surface area contributed by atoms with E-state index in [4.69, 9.17) is 0 Å². The van der Waals surface area contributed by atoms with Crippen LogP contribution in [0.15, 0.2) is 54.9 Å². The molecule has 3 aromatic rings. The van der Waals surface area contributed by atoms with Crippen LogP contribution in [0.3, 0.4) is 0 Å². The molecule has 1 aliphatic rings. The highest BCUT2D eigenvalue weighted by atomic mass is 16.3. The molecule has 0 bridgehead atoms. The number of anilines is 3. The first-order chi connectivity index (χ1) is 11.3. The summed E-state index contributed by atoms with van der Waals surface area (Å²) in [5.74, 6) is 0.912. The Morgan fingerprint density at radius 2 is 2.00 bits per heavy atom. The highest BCUT2D eigenvalue weighted by molar-refractivity contribution is 5.83. The molecule has 116 valence electrons. The minimum atomic E-state index is -0.235. The predicted octanol–water partition coefficient (Wildman–Crippen LogP) is 2.94. The van der Waals surface area contributed by atoms with Gasteiger partial charge >= 0.3 is 0 Å². The first kappa shape index (κ1) is 14.0. The van der Waals surface area contributed by atoms with Gasteiger partial charge in [-0.2, -0.15) is 0 Å². The lowest BCUT2D eigenvalue weighted by molar-refractivity contribution is 0.198. The van der Waals surface area contributed by atoms with Gasteiger partial charge in [-0.05, 0) is 42.8 Å². The Bertz CT molecular complexity index is 819. The Labute approximate surface area is 134 Å². The molecule has 0 radical (unpaired) electrons. The summed E-state index contributed by atoms with van der Waals surface area (Å²) in [5.41, 5.74) is 2.94. The van der Waals surface area contributed by atoms with E-state index in [0.717, 1.165) is 41.1 Å². The SMILES string of the molecule is OC1CCN(c2ccc(Nc3ccc4ncccc4c3)cn2)C1. The van der Waals surface area contributed by atoms with Crippen molar-refractivity contribution >= 4 is 28.1 Å². The molecule has 2 N–H and O–H groups in total. The van der Waals surface area contributed by atoms with Gasteiger partial charge in [-0.1, -0.05) is 6.07 Å². The van der Waals surface area contributed by atoms with E-state index in [9.17, 15) is 5.11 Å². The van der Waals surface area contributed by atoms with E-state index < -0.39 is 0 Å². The number of benzene rings is 1. The number of rotatable bonds is 3. The van der Waals surface area contributed by atoms with Crippen molar-refractivity contribution in [3.05, 3.63) is 54.9 Å². The van der Waals surface area contributed by atoms with Crippen LogP contribution in [0.25, 0.3) is 10.9 Å². The Morgan fingerprint density at radius 3 is 2.78 bits per heavy atom. The number of nitrogens with one attached hydrogen (secondary N) is 1. The van der Waals surface area contributed by atoms with Gasteiger partial charge in [-0.15, -0.1) is 0 Å². The summed E-state index contributed by atoms with van der Waals surface area (Å²) in [6.07, 6.45) is 4.20. The third-order valence-electron chi connectivity index (χ3n) is 4.13. The fourth-order valence-corrected chi connectivity index (χ4v) is 2.92. The third-order valence-corrected chi connectivity index (χ3v) is 4.13. The minimum absolute atomic E-state index is 0.235. The lowest BCUT2D eigenvalue weighted by atomic mass is 10.2. The number of pyridine rings is 2. The standard InChI is InChI=1S/C18H18N4O/c23-16-7-9-22(12-16)18-6-4-15(11-20-18)21-14-3-5-17-13(10-14)2-1-8-19-17/h1-6,8,10-11,16,21,23H,7,9,12H2. The van der Waals surface area contributed by atoms with Gasteiger partial charge in [0.1, 0.15) is 5.82 Å². The maximum Gasteiger partial charge on any atom is 0.128 e. The maximum absolute atomic E-state index is 9.61. The van der Waals surface area contributed by atoms with Crippen LogP contribution in [0.2, 0.25) is 0 Å². The van der Waals surface area contributed by atoms with E-state index in [0.29, 0.717) is 6.54 Å². The van der Waals surface area contributed by atoms with Crippen molar-refractivity contribution in [3.8, 4) is 0 Å². The zero-order chi connectivity index (χ0) is 15.6. The summed E-state index contributed by atoms with van der Waals surface area (Å²) in [7, 11) is 0. The monoisotopic (exact) mass is 306 g/mol. The minimum Gasteiger partial charge on any atom is -0.391 e. The summed E-state index contributed by atoms with van der Waals surface area (Å²) < 4.78 is 0. The highest BCUT2D eigenvalue weighted by Crippen LogP contribution is 2.23. The first-order valence-electron chi connectivity index (χ1n) is 7.79. The molecule has 0 spiro atoms. The number of hydrogen-bond acceptors (Lipinski definition) is 5. The molecule has 1 atom stereocenters. The Balaban J connectivity index is 1.51. The lowest BCUT2D eigenvalue weighted by Crippen LogP contribution is -2.21. The highest BCUT2D eigenvalue weighted by Gasteiger charge is 2.20. The number of aromatic nitrogens is 2. The van der Waals surface area contributed by atoms with Gasteiger partial charge in [-0.3, -0.25) is 4.98 Å². The van der Waals surface area contributed by atoms with Crippen LogP contribution in [0.1, 0.15) is 6.42 Å². The van der Waals surface area contributed by atoms with E-state index in [1.165, 1.54) is 0 Å². The van der Waals surface area contributed by atoms with Crippen molar-refractivity contribution in [1.82, 2.24) is 9.97 Å². The number of hydrogen-bond donors (Lipinski definition) is 2. The van der Waals surface area contributed by atoms with Crippen LogP contribution >= 0.6 is 0 Å². The van der Waals surface area contributed by atoms with Crippen LogP contribution in [-0.2, 0) is 0 Å². The molecule has 3 heterocycles. The Hall–Kier alpha value is -2.66. The largest absolute Gasteiger partial charge is 0.391 e. The molecule has 5 heteroatoms. The van der Waals surface area contributed by atoms with Crippen molar-refractivity contribution in [1.29, 1.82) is 0 Å². The molecule has 1 aliphatic heterocycles. The summed E-state index contributed by atoms with van der Waals surface area (Å²) >= 11 is 0. The van der Waals surface area contributed by atoms with Crippen molar-refractivity contribution < 1.29 is 5.11 Å². The molecule has 4 rings (SSSR count). The average Bonchev–Trinajstić information content (AvgIpc) is 3.02. The smallest absolute Gasteiger partial charge is 0.128 e. The molecular formula is C18H18N4O. The van der Waals surface area contributed by atoms with Gasteiger partial charge in [0, 0.05) is 30.4 Å². The number of aliphatic hydroxyl groups excluding tert-OH is 1. The second kappa shape index (κ2) is 5.85. The fraction of sp³-hybridized carbons (Fsp3) is 0.222. The Kier molecular flexibility index (Phi) is 3.55. The van der Waals surface area contributed by atoms with Gasteiger partial charge in [0.2, 0.25) is 0 Å². The first-order valence-corrected chi connectivity index (χ1v) is 7.79. The second-order valence-corrected chi connectivity index (χ2v) is 5.83. The van der Waals surface area contributed by atoms with Crippen LogP contribution in [0.5, 0.6) is 0 Å². The van der Waals surface area contributed by atoms with E-state index in [1.807, 2.05) is 42.6 Å². The van der Waals surface area contributed by atoms with Gasteiger partial charge in [0.25, 0.3) is 0 Å². The molecule has 5 nitrogen and oxygen atoms in total. The normalized spacial score (nSPS) is 17.6. The van der Waals surface area contributed by atoms with Gasteiger partial charge < -0.3 is 15.3 Å². The quantitative estimate of drug-likeness (QED) is 0.779. The summed E-state index contributed by atoms with van der Waals surface area (Å²) in [6, 6.07) is 14.1. The molecule has 1 unspecified atom stereocenters. The van der Waals surface area contributed by atoms with Crippen LogP contribution in [-0.4, -0.2) is 34.3 Å². The molecule has 0 aliphatic carbocycles. The van der Waals surface area contributed by atoms with Crippen molar-refractivity contribution in [3.63, 3.8) is 0 Å². The summed E-state index contributed by atoms with van der Waals surface area (Å²) in [5, 5.41) is 14.1. The average molecular weight is 306 g/mol. The van der Waals surface area contributed by atoms with Gasteiger partial charge in [0.15, 0.2) is 0 Å². The second-order valence-electron chi connectivity index (χ2n) is 5.83. The van der Waals surface area contributed by atoms with Crippen LogP contribution in [0.4, 0.5) is 17.2 Å². The lowest BCUT2D eigenvalue weighted by Gasteiger charge is -2.17. The summed E-state index contributed by atoms with van der Waals surface area (Å²) in [6.45, 7) is 1.52.